The molecule has 3 aromatic carbocycles. The largest absolute Gasteiger partial charge is 0.480 e. The van der Waals surface area contributed by atoms with Gasteiger partial charge in [0, 0.05) is 15.6 Å². The Morgan fingerprint density at radius 2 is 1.69 bits per heavy atom. The molecule has 0 aliphatic carbocycles. The minimum Gasteiger partial charge on any atom is -0.480 e. The summed E-state index contributed by atoms with van der Waals surface area (Å²) in [6.07, 6.45) is 0.993. The molecule has 0 aromatic heterocycles. The summed E-state index contributed by atoms with van der Waals surface area (Å²) in [5.41, 5.74) is 2.08. The lowest BCUT2D eigenvalue weighted by Crippen LogP contribution is -2.23. The maximum atomic E-state index is 14.3. The number of carbonyl (C=O) groups excluding carboxylic acids is 1. The summed E-state index contributed by atoms with van der Waals surface area (Å²) in [6.45, 7) is 0. The molecule has 1 heterocycles. The molecule has 1 aliphatic rings. The number of carbonyl (C=O) groups is 1. The van der Waals surface area contributed by atoms with Crippen LogP contribution in [0.15, 0.2) is 82.8 Å². The summed E-state index contributed by atoms with van der Waals surface area (Å²) in [4.78, 5) is 13.1. The zero-order chi connectivity index (χ0) is 18.1. The summed E-state index contributed by atoms with van der Waals surface area (Å²) in [6, 6.07) is 21.3. The number of fused-ring (bicyclic) bond motifs is 1. The van der Waals surface area contributed by atoms with Crippen molar-refractivity contribution in [1.82, 2.24) is 0 Å². The van der Waals surface area contributed by atoms with Gasteiger partial charge >= 0.3 is 0 Å². The first-order valence-electron chi connectivity index (χ1n) is 8.15. The fourth-order valence-corrected chi connectivity index (χ4v) is 3.41. The molecule has 4 rings (SSSR count). The number of ketones is 1. The average molecular weight is 409 g/mol. The monoisotopic (exact) mass is 408 g/mol. The third-order valence-corrected chi connectivity index (χ3v) is 4.79. The first-order chi connectivity index (χ1) is 12.6. The number of Topliss-reactive ketones (excluding diaryl/α,β-unsaturated/α-hetero) is 1. The molecule has 0 unspecified atom stereocenters. The van der Waals surface area contributed by atoms with Crippen LogP contribution in [0.5, 0.6) is 5.75 Å². The maximum absolute atomic E-state index is 14.3. The van der Waals surface area contributed by atoms with E-state index in [0.717, 1.165) is 10.0 Å². The van der Waals surface area contributed by atoms with E-state index in [-0.39, 0.29) is 11.6 Å². The summed E-state index contributed by atoms with van der Waals surface area (Å²) in [5.74, 6) is -0.00235. The highest BCUT2D eigenvalue weighted by Gasteiger charge is 2.32. The fourth-order valence-electron chi connectivity index (χ4n) is 3.03. The Kier molecular flexibility index (Phi) is 4.43. The molecule has 0 saturated carbocycles. The molecule has 3 aromatic rings. The SMILES string of the molecule is O=C1/C(=C/c2cc(Br)ccc2F)[C@@H](c2ccccc2)Oc2ccccc21. The third kappa shape index (κ3) is 3.08. The molecule has 0 N–H and O–H groups in total. The molecule has 1 aliphatic heterocycles. The molecule has 1 atom stereocenters. The zero-order valence-electron chi connectivity index (χ0n) is 13.7. The van der Waals surface area contributed by atoms with Gasteiger partial charge in [0.25, 0.3) is 0 Å². The van der Waals surface area contributed by atoms with Gasteiger partial charge in [0.1, 0.15) is 11.6 Å². The number of ether oxygens (including phenoxy) is 1. The Hall–Kier alpha value is -2.72. The molecular weight excluding hydrogens is 395 g/mol. The number of halogens is 2. The van der Waals surface area contributed by atoms with Crippen molar-refractivity contribution in [3.05, 3.63) is 105 Å². The molecule has 2 nitrogen and oxygen atoms in total. The predicted molar refractivity (Wildman–Crippen MR) is 103 cm³/mol. The van der Waals surface area contributed by atoms with Gasteiger partial charge in [-0.2, -0.15) is 0 Å². The van der Waals surface area contributed by atoms with Gasteiger partial charge in [0.15, 0.2) is 11.9 Å². The van der Waals surface area contributed by atoms with Crippen LogP contribution in [-0.2, 0) is 0 Å². The number of hydrogen-bond donors (Lipinski definition) is 0. The molecule has 26 heavy (non-hydrogen) atoms. The second kappa shape index (κ2) is 6.89. The van der Waals surface area contributed by atoms with Gasteiger partial charge in [0.2, 0.25) is 0 Å². The minimum atomic E-state index is -0.586. The van der Waals surface area contributed by atoms with Crippen molar-refractivity contribution in [2.24, 2.45) is 0 Å². The second-order valence-corrected chi connectivity index (χ2v) is 6.92. The summed E-state index contributed by atoms with van der Waals surface area (Å²) in [5, 5.41) is 0. The third-order valence-electron chi connectivity index (χ3n) is 4.29. The van der Waals surface area contributed by atoms with E-state index >= 15 is 0 Å². The van der Waals surface area contributed by atoms with Crippen molar-refractivity contribution < 1.29 is 13.9 Å². The second-order valence-electron chi connectivity index (χ2n) is 6.00. The molecule has 128 valence electrons. The topological polar surface area (TPSA) is 26.3 Å². The van der Waals surface area contributed by atoms with Gasteiger partial charge in [-0.1, -0.05) is 58.4 Å². The van der Waals surface area contributed by atoms with Gasteiger partial charge in [-0.05, 0) is 42.0 Å². The molecule has 0 saturated heterocycles. The molecule has 0 spiro atoms. The normalized spacial score (nSPS) is 17.7. The first-order valence-corrected chi connectivity index (χ1v) is 8.95. The lowest BCUT2D eigenvalue weighted by atomic mass is 9.89. The van der Waals surface area contributed by atoms with Crippen molar-refractivity contribution >= 4 is 27.8 Å². The van der Waals surface area contributed by atoms with Crippen molar-refractivity contribution in [3.8, 4) is 5.75 Å². The van der Waals surface area contributed by atoms with Crippen molar-refractivity contribution in [2.75, 3.05) is 0 Å². The fraction of sp³-hybridized carbons (Fsp3) is 0.0455. The quantitative estimate of drug-likeness (QED) is 0.486. The van der Waals surface area contributed by atoms with E-state index < -0.39 is 6.10 Å². The lowest BCUT2D eigenvalue weighted by molar-refractivity contribution is 0.0963. The molecule has 0 fully saturated rings. The van der Waals surface area contributed by atoms with Crippen molar-refractivity contribution in [3.63, 3.8) is 0 Å². The highest BCUT2D eigenvalue weighted by molar-refractivity contribution is 9.10. The molecule has 4 heteroatoms. The number of hydrogen-bond acceptors (Lipinski definition) is 2. The van der Waals surface area contributed by atoms with E-state index in [1.54, 1.807) is 36.4 Å². The molecule has 0 radical (unpaired) electrons. The van der Waals surface area contributed by atoms with Gasteiger partial charge in [0.05, 0.1) is 5.56 Å². The Labute approximate surface area is 159 Å². The van der Waals surface area contributed by atoms with Crippen LogP contribution in [0.4, 0.5) is 4.39 Å². The van der Waals surface area contributed by atoms with Crippen molar-refractivity contribution in [2.45, 2.75) is 6.10 Å². The van der Waals surface area contributed by atoms with Crippen LogP contribution in [0.1, 0.15) is 27.6 Å². The Morgan fingerprint density at radius 1 is 0.962 bits per heavy atom. The first kappa shape index (κ1) is 16.7. The maximum Gasteiger partial charge on any atom is 0.196 e. The summed E-state index contributed by atoms with van der Waals surface area (Å²) >= 11 is 3.35. The zero-order valence-corrected chi connectivity index (χ0v) is 15.2. The minimum absolute atomic E-state index is 0.153. The van der Waals surface area contributed by atoms with E-state index in [1.807, 2.05) is 36.4 Å². The molecule has 0 amide bonds. The number of benzene rings is 3. The van der Waals surface area contributed by atoms with Crippen LogP contribution < -0.4 is 4.74 Å². The number of para-hydroxylation sites is 1. The summed E-state index contributed by atoms with van der Waals surface area (Å²) < 4.78 is 21.1. The van der Waals surface area contributed by atoms with Crippen molar-refractivity contribution in [1.29, 1.82) is 0 Å². The average Bonchev–Trinajstić information content (AvgIpc) is 2.67. The van der Waals surface area contributed by atoms with E-state index in [2.05, 4.69) is 15.9 Å². The Morgan fingerprint density at radius 3 is 2.50 bits per heavy atom. The summed E-state index contributed by atoms with van der Waals surface area (Å²) in [7, 11) is 0. The van der Waals surface area contributed by atoms with Gasteiger partial charge < -0.3 is 4.74 Å². The smallest absolute Gasteiger partial charge is 0.196 e. The van der Waals surface area contributed by atoms with Crippen LogP contribution in [0.2, 0.25) is 0 Å². The van der Waals surface area contributed by atoms with Crippen LogP contribution in [-0.4, -0.2) is 5.78 Å². The van der Waals surface area contributed by atoms with E-state index in [0.29, 0.717) is 22.4 Å². The van der Waals surface area contributed by atoms with Crippen LogP contribution in [0.25, 0.3) is 6.08 Å². The Balaban J connectivity index is 1.89. The van der Waals surface area contributed by atoms with E-state index in [9.17, 15) is 9.18 Å². The molecular formula is C22H14BrFO2. The van der Waals surface area contributed by atoms with Crippen LogP contribution >= 0.6 is 15.9 Å². The standard InChI is InChI=1S/C22H14BrFO2/c23-16-10-11-19(24)15(12-16)13-18-21(25)17-8-4-5-9-20(17)26-22(18)14-6-2-1-3-7-14/h1-13,22H/b18-13-/t22-/m1/s1. The van der Waals surface area contributed by atoms with Crippen LogP contribution in [0.3, 0.4) is 0 Å². The highest BCUT2D eigenvalue weighted by Crippen LogP contribution is 2.39. The highest BCUT2D eigenvalue weighted by atomic mass is 79.9. The van der Waals surface area contributed by atoms with Gasteiger partial charge in [-0.15, -0.1) is 0 Å². The van der Waals surface area contributed by atoms with E-state index in [4.69, 9.17) is 4.74 Å². The van der Waals surface area contributed by atoms with E-state index in [1.165, 1.54) is 6.07 Å². The number of rotatable bonds is 2. The Bertz CT molecular complexity index is 1010. The lowest BCUT2D eigenvalue weighted by Gasteiger charge is -2.28. The van der Waals surface area contributed by atoms with Crippen LogP contribution in [0, 0.1) is 5.82 Å². The predicted octanol–water partition coefficient (Wildman–Crippen LogP) is 5.99. The van der Waals surface area contributed by atoms with Gasteiger partial charge in [-0.3, -0.25) is 4.79 Å². The molecule has 0 bridgehead atoms. The van der Waals surface area contributed by atoms with Gasteiger partial charge in [-0.25, -0.2) is 4.39 Å².